The molecule has 3 aromatic rings. The molecule has 3 rings (SSSR count). The van der Waals surface area contributed by atoms with Crippen molar-refractivity contribution < 1.29 is 14.0 Å². The number of aromatic nitrogens is 2. The smallest absolute Gasteiger partial charge is 0.267 e. The lowest BCUT2D eigenvalue weighted by Crippen LogP contribution is -2.33. The van der Waals surface area contributed by atoms with E-state index in [9.17, 15) is 18.8 Å². The molecule has 7 nitrogen and oxygen atoms in total. The fraction of sp³-hybridized carbons (Fsp3) is 0.100. The molecule has 1 heterocycles. The fourth-order valence-electron chi connectivity index (χ4n) is 2.55. The van der Waals surface area contributed by atoms with Crippen LogP contribution in [0.15, 0.2) is 65.5 Å². The van der Waals surface area contributed by atoms with Gasteiger partial charge in [-0.2, -0.15) is 5.10 Å². The molecule has 8 heteroatoms. The lowest BCUT2D eigenvalue weighted by Gasteiger charge is -2.15. The van der Waals surface area contributed by atoms with E-state index >= 15 is 0 Å². The minimum absolute atomic E-state index is 0.316. The number of rotatable bonds is 5. The summed E-state index contributed by atoms with van der Waals surface area (Å²) in [4.78, 5) is 35.8. The van der Waals surface area contributed by atoms with E-state index in [2.05, 4.69) is 10.4 Å². The molecule has 3 N–H and O–H groups in total. The van der Waals surface area contributed by atoms with Crippen LogP contribution in [0.5, 0.6) is 0 Å². The first-order valence-corrected chi connectivity index (χ1v) is 8.41. The second-order valence-electron chi connectivity index (χ2n) is 6.12. The van der Waals surface area contributed by atoms with Crippen molar-refractivity contribution in [1.29, 1.82) is 0 Å². The van der Waals surface area contributed by atoms with Gasteiger partial charge in [0, 0.05) is 22.9 Å². The summed E-state index contributed by atoms with van der Waals surface area (Å²) in [6, 6.07) is 13.6. The summed E-state index contributed by atoms with van der Waals surface area (Å²) < 4.78 is 14.2. The number of benzene rings is 2. The molecule has 0 bridgehead atoms. The van der Waals surface area contributed by atoms with E-state index in [-0.39, 0.29) is 5.82 Å². The Balaban J connectivity index is 1.82. The molecule has 2 amide bonds. The van der Waals surface area contributed by atoms with Gasteiger partial charge in [0.05, 0.1) is 5.69 Å². The number of primary amides is 1. The molecule has 0 aliphatic heterocycles. The van der Waals surface area contributed by atoms with Gasteiger partial charge in [0.2, 0.25) is 11.8 Å². The van der Waals surface area contributed by atoms with Crippen molar-refractivity contribution in [3.8, 4) is 11.3 Å². The quantitative estimate of drug-likeness (QED) is 0.708. The summed E-state index contributed by atoms with van der Waals surface area (Å²) >= 11 is 0. The number of hydrogen-bond donors (Lipinski definition) is 2. The molecule has 0 radical (unpaired) electrons. The van der Waals surface area contributed by atoms with Crippen LogP contribution in [0.1, 0.15) is 23.3 Å². The first-order valence-electron chi connectivity index (χ1n) is 8.41. The van der Waals surface area contributed by atoms with E-state index in [4.69, 9.17) is 5.73 Å². The molecule has 0 aliphatic rings. The summed E-state index contributed by atoms with van der Waals surface area (Å²) in [5.41, 5.74) is 6.55. The van der Waals surface area contributed by atoms with Crippen LogP contribution >= 0.6 is 0 Å². The van der Waals surface area contributed by atoms with Gasteiger partial charge in [-0.15, -0.1) is 0 Å². The van der Waals surface area contributed by atoms with E-state index in [1.165, 1.54) is 67.6 Å². The van der Waals surface area contributed by atoms with Gasteiger partial charge >= 0.3 is 0 Å². The van der Waals surface area contributed by atoms with Gasteiger partial charge in [-0.1, -0.05) is 0 Å². The fourth-order valence-corrected chi connectivity index (χ4v) is 2.55. The highest BCUT2D eigenvalue weighted by atomic mass is 19.1. The van der Waals surface area contributed by atoms with Crippen LogP contribution in [0.4, 0.5) is 10.1 Å². The van der Waals surface area contributed by atoms with Gasteiger partial charge in [0.15, 0.2) is 0 Å². The number of nitrogens with one attached hydrogen (secondary N) is 1. The summed E-state index contributed by atoms with van der Waals surface area (Å²) in [6.45, 7) is 1.54. The molecular formula is C20H17FN4O3. The molecule has 0 spiro atoms. The highest BCUT2D eigenvalue weighted by Gasteiger charge is 2.18. The molecule has 1 atom stereocenters. The number of anilines is 1. The summed E-state index contributed by atoms with van der Waals surface area (Å²) in [5, 5.41) is 6.89. The van der Waals surface area contributed by atoms with Gasteiger partial charge in [0.25, 0.3) is 5.56 Å². The Bertz CT molecular complexity index is 1080. The predicted octanol–water partition coefficient (Wildman–Crippen LogP) is 2.35. The van der Waals surface area contributed by atoms with Crippen LogP contribution in [0.25, 0.3) is 11.3 Å². The maximum absolute atomic E-state index is 13.1. The molecule has 28 heavy (non-hydrogen) atoms. The zero-order valence-corrected chi connectivity index (χ0v) is 14.9. The first-order chi connectivity index (χ1) is 13.3. The van der Waals surface area contributed by atoms with Crippen molar-refractivity contribution in [1.82, 2.24) is 9.78 Å². The average Bonchev–Trinajstić information content (AvgIpc) is 2.69. The molecule has 0 aliphatic carbocycles. The molecule has 0 fully saturated rings. The number of nitrogens with two attached hydrogens (primary N) is 1. The Morgan fingerprint density at radius 3 is 2.29 bits per heavy atom. The van der Waals surface area contributed by atoms with Crippen LogP contribution in [0, 0.1) is 5.82 Å². The van der Waals surface area contributed by atoms with Crippen molar-refractivity contribution in [3.05, 3.63) is 82.4 Å². The van der Waals surface area contributed by atoms with Crippen molar-refractivity contribution in [2.45, 2.75) is 13.0 Å². The van der Waals surface area contributed by atoms with Crippen LogP contribution in [-0.4, -0.2) is 21.6 Å². The predicted molar refractivity (Wildman–Crippen MR) is 102 cm³/mol. The lowest BCUT2D eigenvalue weighted by atomic mass is 10.1. The number of amides is 2. The second kappa shape index (κ2) is 7.83. The Morgan fingerprint density at radius 1 is 1.04 bits per heavy atom. The van der Waals surface area contributed by atoms with Gasteiger partial charge in [0.1, 0.15) is 11.9 Å². The monoisotopic (exact) mass is 380 g/mol. The molecule has 1 unspecified atom stereocenters. The summed E-state index contributed by atoms with van der Waals surface area (Å²) in [6.07, 6.45) is 0. The third-order valence-electron chi connectivity index (χ3n) is 4.15. The Morgan fingerprint density at radius 2 is 1.68 bits per heavy atom. The zero-order valence-electron chi connectivity index (χ0n) is 14.9. The third kappa shape index (κ3) is 4.12. The van der Waals surface area contributed by atoms with Gasteiger partial charge < -0.3 is 11.1 Å². The van der Waals surface area contributed by atoms with E-state index in [0.29, 0.717) is 22.5 Å². The Hall–Kier alpha value is -3.81. The molecule has 142 valence electrons. The largest absolute Gasteiger partial charge is 0.366 e. The number of carbonyl (C=O) groups is 2. The minimum atomic E-state index is -0.899. The highest BCUT2D eigenvalue weighted by Crippen LogP contribution is 2.17. The van der Waals surface area contributed by atoms with Crippen LogP contribution < -0.4 is 16.6 Å². The van der Waals surface area contributed by atoms with Crippen LogP contribution in [0.3, 0.4) is 0 Å². The number of nitrogens with zero attached hydrogens (tertiary/aromatic N) is 2. The SMILES string of the molecule is CC(C(=O)Nc1ccc(C(N)=O)cc1)n1nc(-c2ccc(F)cc2)ccc1=O. The average molecular weight is 380 g/mol. The Kier molecular flexibility index (Phi) is 5.30. The number of carbonyl (C=O) groups excluding carboxylic acids is 2. The molecule has 0 saturated carbocycles. The number of hydrogen-bond acceptors (Lipinski definition) is 4. The zero-order chi connectivity index (χ0) is 20.3. The summed E-state index contributed by atoms with van der Waals surface area (Å²) in [5.74, 6) is -1.41. The van der Waals surface area contributed by atoms with Crippen LogP contribution in [-0.2, 0) is 4.79 Å². The number of halogens is 1. The van der Waals surface area contributed by atoms with Gasteiger partial charge in [-0.25, -0.2) is 9.07 Å². The van der Waals surface area contributed by atoms with E-state index in [1.54, 1.807) is 0 Å². The van der Waals surface area contributed by atoms with E-state index < -0.39 is 23.4 Å². The normalized spacial score (nSPS) is 11.6. The molecule has 0 saturated heterocycles. The van der Waals surface area contributed by atoms with Gasteiger partial charge in [-0.3, -0.25) is 14.4 Å². The van der Waals surface area contributed by atoms with E-state index in [0.717, 1.165) is 4.68 Å². The lowest BCUT2D eigenvalue weighted by molar-refractivity contribution is -0.119. The van der Waals surface area contributed by atoms with Crippen molar-refractivity contribution >= 4 is 17.5 Å². The molecule has 1 aromatic heterocycles. The Labute approximate surface area is 159 Å². The third-order valence-corrected chi connectivity index (χ3v) is 4.15. The molecule has 2 aromatic carbocycles. The second-order valence-corrected chi connectivity index (χ2v) is 6.12. The maximum atomic E-state index is 13.1. The molecular weight excluding hydrogens is 363 g/mol. The van der Waals surface area contributed by atoms with Crippen LogP contribution in [0.2, 0.25) is 0 Å². The topological polar surface area (TPSA) is 107 Å². The highest BCUT2D eigenvalue weighted by molar-refractivity contribution is 5.95. The maximum Gasteiger partial charge on any atom is 0.267 e. The standard InChI is InChI=1S/C20H17FN4O3/c1-12(20(28)23-16-8-4-14(5-9-16)19(22)27)25-18(26)11-10-17(24-25)13-2-6-15(21)7-3-13/h2-12H,1H3,(H2,22,27)(H,23,28). The van der Waals surface area contributed by atoms with Gasteiger partial charge in [-0.05, 0) is 61.5 Å². The minimum Gasteiger partial charge on any atom is -0.366 e. The van der Waals surface area contributed by atoms with Crippen molar-refractivity contribution in [3.63, 3.8) is 0 Å². The van der Waals surface area contributed by atoms with Crippen molar-refractivity contribution in [2.75, 3.05) is 5.32 Å². The first kappa shape index (κ1) is 19.0. The summed E-state index contributed by atoms with van der Waals surface area (Å²) in [7, 11) is 0. The van der Waals surface area contributed by atoms with E-state index in [1.807, 2.05) is 0 Å². The van der Waals surface area contributed by atoms with Crippen molar-refractivity contribution in [2.24, 2.45) is 5.73 Å².